The van der Waals surface area contributed by atoms with Crippen molar-refractivity contribution < 1.29 is 14.2 Å². The second-order valence-electron chi connectivity index (χ2n) is 11.6. The summed E-state index contributed by atoms with van der Waals surface area (Å²) < 4.78 is 22.9. The molecule has 0 radical (unpaired) electrons. The first-order valence-corrected chi connectivity index (χ1v) is 15.1. The molecule has 0 saturated carbocycles. The number of halogens is 1. The number of ether oxygens (including phenoxy) is 1. The molecule has 7 rings (SSSR count). The van der Waals surface area contributed by atoms with Gasteiger partial charge in [0.25, 0.3) is 0 Å². The minimum absolute atomic E-state index is 0.0207. The van der Waals surface area contributed by atoms with Crippen molar-refractivity contribution in [1.29, 1.82) is 10.5 Å². The molecule has 3 aliphatic heterocycles. The monoisotopic (exact) mass is 604 g/mol. The van der Waals surface area contributed by atoms with Crippen LogP contribution in [0.1, 0.15) is 38.2 Å². The maximum absolute atomic E-state index is 16.6. The van der Waals surface area contributed by atoms with Gasteiger partial charge in [-0.2, -0.15) is 20.5 Å². The molecule has 3 aliphatic rings. The van der Waals surface area contributed by atoms with Crippen molar-refractivity contribution in [2.24, 2.45) is 0 Å². The van der Waals surface area contributed by atoms with Crippen LogP contribution in [-0.4, -0.2) is 81.3 Å². The van der Waals surface area contributed by atoms with E-state index in [2.05, 4.69) is 27.0 Å². The number of pyridine rings is 1. The van der Waals surface area contributed by atoms with E-state index in [1.807, 2.05) is 11.0 Å². The number of piperazine rings is 1. The summed E-state index contributed by atoms with van der Waals surface area (Å²) in [6.07, 6.45) is 14.0. The predicted molar refractivity (Wildman–Crippen MR) is 169 cm³/mol. The molecule has 2 aromatic carbocycles. The third-order valence-electron chi connectivity index (χ3n) is 9.02. The number of nitrogens with zero attached hydrogens (tertiary/aromatic N) is 8. The molecule has 0 aliphatic carbocycles. The van der Waals surface area contributed by atoms with Gasteiger partial charge in [-0.25, -0.2) is 4.39 Å². The Balaban J connectivity index is 0.00000115. The summed E-state index contributed by atoms with van der Waals surface area (Å²) in [5, 5.41) is 28.9. The minimum atomic E-state index is -0.642. The van der Waals surface area contributed by atoms with E-state index in [4.69, 9.17) is 21.4 Å². The fraction of sp³-hybridized carbons (Fsp3) is 0.382. The quantitative estimate of drug-likeness (QED) is 0.251. The minimum Gasteiger partial charge on any atom is -0.508 e. The van der Waals surface area contributed by atoms with Gasteiger partial charge in [0.2, 0.25) is 0 Å². The van der Waals surface area contributed by atoms with Crippen LogP contribution in [0.25, 0.3) is 32.9 Å². The number of aromatic hydroxyl groups is 1. The number of terminal acetylenes is 1. The molecule has 3 saturated heterocycles. The fourth-order valence-electron chi connectivity index (χ4n) is 6.91. The second kappa shape index (κ2) is 12.4. The summed E-state index contributed by atoms with van der Waals surface area (Å²) in [6, 6.07) is 10.4. The van der Waals surface area contributed by atoms with Crippen LogP contribution in [0, 0.1) is 40.9 Å². The Bertz CT molecular complexity index is 1870. The third kappa shape index (κ3) is 5.50. The average Bonchev–Trinajstić information content (AvgIpc) is 3.64. The Hall–Kier alpha value is -5.18. The van der Waals surface area contributed by atoms with Crippen molar-refractivity contribution in [3.8, 4) is 47.6 Å². The Morgan fingerprint density at radius 3 is 2.49 bits per heavy atom. The summed E-state index contributed by atoms with van der Waals surface area (Å²) in [5.41, 5.74) is 1.06. The summed E-state index contributed by atoms with van der Waals surface area (Å²) in [7, 11) is 0. The maximum Gasteiger partial charge on any atom is 0.319 e. The van der Waals surface area contributed by atoms with Crippen LogP contribution in [0.5, 0.6) is 11.8 Å². The smallest absolute Gasteiger partial charge is 0.319 e. The van der Waals surface area contributed by atoms with E-state index < -0.39 is 5.82 Å². The molecule has 228 valence electrons. The summed E-state index contributed by atoms with van der Waals surface area (Å²) >= 11 is 0. The van der Waals surface area contributed by atoms with Gasteiger partial charge in [0.1, 0.15) is 29.4 Å². The zero-order valence-corrected chi connectivity index (χ0v) is 25.1. The van der Waals surface area contributed by atoms with Gasteiger partial charge in [-0.15, -0.1) is 6.42 Å². The van der Waals surface area contributed by atoms with Crippen LogP contribution in [0.3, 0.4) is 0 Å². The van der Waals surface area contributed by atoms with Crippen molar-refractivity contribution in [3.05, 3.63) is 47.9 Å². The molecule has 45 heavy (non-hydrogen) atoms. The van der Waals surface area contributed by atoms with Crippen molar-refractivity contribution in [2.45, 2.75) is 38.1 Å². The maximum atomic E-state index is 16.6. The number of aromatic nitrogens is 3. The molecule has 0 spiro atoms. The molecule has 4 aromatic rings. The molecule has 5 heterocycles. The summed E-state index contributed by atoms with van der Waals surface area (Å²) in [6.45, 7) is 6.17. The Morgan fingerprint density at radius 1 is 1.07 bits per heavy atom. The van der Waals surface area contributed by atoms with Gasteiger partial charge >= 0.3 is 6.01 Å². The van der Waals surface area contributed by atoms with E-state index in [1.165, 1.54) is 13.0 Å². The van der Waals surface area contributed by atoms with E-state index in [0.29, 0.717) is 65.9 Å². The van der Waals surface area contributed by atoms with Crippen LogP contribution in [0.15, 0.2) is 36.5 Å². The number of fused-ring (bicyclic) bond motifs is 3. The number of benzene rings is 2. The molecule has 0 atom stereocenters. The Kier molecular flexibility index (Phi) is 8.26. The summed E-state index contributed by atoms with van der Waals surface area (Å²) in [4.78, 5) is 20.1. The second-order valence-corrected chi connectivity index (χ2v) is 11.6. The highest BCUT2D eigenvalue weighted by Crippen LogP contribution is 2.40. The zero-order valence-electron chi connectivity index (χ0n) is 25.1. The van der Waals surface area contributed by atoms with Gasteiger partial charge in [-0.3, -0.25) is 9.88 Å². The molecular weight excluding hydrogens is 571 g/mol. The lowest BCUT2D eigenvalue weighted by Gasteiger charge is -2.33. The van der Waals surface area contributed by atoms with E-state index in [9.17, 15) is 10.4 Å². The first-order chi connectivity index (χ1) is 21.9. The molecule has 0 amide bonds. The van der Waals surface area contributed by atoms with Crippen molar-refractivity contribution >= 4 is 27.5 Å². The van der Waals surface area contributed by atoms with E-state index in [0.717, 1.165) is 38.8 Å². The lowest BCUT2D eigenvalue weighted by Crippen LogP contribution is -2.45. The van der Waals surface area contributed by atoms with Gasteiger partial charge in [-0.05, 0) is 62.4 Å². The predicted octanol–water partition coefficient (Wildman–Crippen LogP) is 4.81. The molecule has 2 aromatic heterocycles. The van der Waals surface area contributed by atoms with E-state index in [-0.39, 0.29) is 28.5 Å². The highest BCUT2D eigenvalue weighted by Gasteiger charge is 2.45. The Labute approximate surface area is 261 Å². The average molecular weight is 605 g/mol. The van der Waals surface area contributed by atoms with E-state index >= 15 is 4.39 Å². The highest BCUT2D eigenvalue weighted by molar-refractivity contribution is 6.02. The first-order valence-electron chi connectivity index (χ1n) is 15.1. The summed E-state index contributed by atoms with van der Waals surface area (Å²) in [5.74, 6) is 2.54. The van der Waals surface area contributed by atoms with Crippen LogP contribution in [-0.2, 0) is 0 Å². The van der Waals surface area contributed by atoms with E-state index in [1.54, 1.807) is 35.4 Å². The number of phenols is 1. The topological polar surface area (TPSA) is 125 Å². The number of hydrogen-bond donors (Lipinski definition) is 1. The number of nitriles is 2. The van der Waals surface area contributed by atoms with Crippen molar-refractivity contribution in [1.82, 2.24) is 24.8 Å². The molecule has 10 nitrogen and oxygen atoms in total. The van der Waals surface area contributed by atoms with Crippen molar-refractivity contribution in [2.75, 3.05) is 50.8 Å². The van der Waals surface area contributed by atoms with Crippen LogP contribution < -0.4 is 9.64 Å². The normalized spacial score (nSPS) is 17.2. The molecule has 1 N–H and O–H groups in total. The number of phenolic OH excluding ortho intramolecular Hbond substituents is 1. The Morgan fingerprint density at radius 2 is 1.80 bits per heavy atom. The van der Waals surface area contributed by atoms with Gasteiger partial charge in [0.05, 0.1) is 17.0 Å². The molecule has 0 bridgehead atoms. The lowest BCUT2D eigenvalue weighted by molar-refractivity contribution is 0.108. The van der Waals surface area contributed by atoms with Crippen molar-refractivity contribution in [3.63, 3.8) is 0 Å². The third-order valence-corrected chi connectivity index (χ3v) is 9.02. The molecule has 0 unspecified atom stereocenters. The molecular formula is C34H33FN8O2. The van der Waals surface area contributed by atoms with Gasteiger partial charge in [0.15, 0.2) is 12.0 Å². The fourth-order valence-corrected chi connectivity index (χ4v) is 6.91. The standard InChI is InChI=1S/C32H30FN7O2.C2H3N/c1-2-21-6-3-7-22-16-23(41)17-24(26(21)22)28-27(33)29-25(18-35-28)30(39-14-12-38(20-34)13-15-39)37-31(36-29)42-19-32-8-4-10-40(32)11-5-9-32;1-2-3/h1,3,6-7,16-18,41H,4-5,8-15,19H2;1H3. The molecule has 3 fully saturated rings. The SMILES string of the molecule is C#Cc1cccc2cc(O)cc(-c3ncc4c(N5CCN(C#N)CC5)nc(OCC56CCCN5CCC6)nc4c3F)c12.CC#N. The first kappa shape index (κ1) is 29.9. The van der Waals surface area contributed by atoms with Gasteiger partial charge < -0.3 is 19.6 Å². The lowest BCUT2D eigenvalue weighted by atomic mass is 9.95. The zero-order chi connectivity index (χ0) is 31.6. The van der Waals surface area contributed by atoms with Crippen LogP contribution in [0.4, 0.5) is 10.2 Å². The van der Waals surface area contributed by atoms with Gasteiger partial charge in [0, 0.05) is 55.8 Å². The number of hydrogen-bond acceptors (Lipinski definition) is 10. The van der Waals surface area contributed by atoms with Crippen LogP contribution in [0.2, 0.25) is 0 Å². The highest BCUT2D eigenvalue weighted by atomic mass is 19.1. The largest absolute Gasteiger partial charge is 0.508 e. The number of rotatable bonds is 5. The van der Waals surface area contributed by atoms with Gasteiger partial charge in [-0.1, -0.05) is 18.1 Å². The molecule has 11 heteroatoms. The number of anilines is 1. The van der Waals surface area contributed by atoms with Crippen LogP contribution >= 0.6 is 0 Å².